The van der Waals surface area contributed by atoms with Gasteiger partial charge < -0.3 is 24.9 Å². The SMILES string of the molecule is CNC(=O)c1ccc(-c2ccccc2OCC2CC(CNC(=O)OC(C)(C)C)=NO2)cc1F. The first-order chi connectivity index (χ1) is 15.7. The van der Waals surface area contributed by atoms with Crippen molar-refractivity contribution >= 4 is 17.7 Å². The van der Waals surface area contributed by atoms with E-state index in [9.17, 15) is 14.0 Å². The normalized spacial score (nSPS) is 15.3. The van der Waals surface area contributed by atoms with Crippen LogP contribution >= 0.6 is 0 Å². The van der Waals surface area contributed by atoms with Gasteiger partial charge in [0, 0.05) is 19.0 Å². The van der Waals surface area contributed by atoms with Gasteiger partial charge in [-0.25, -0.2) is 9.18 Å². The Morgan fingerprint density at radius 3 is 2.67 bits per heavy atom. The van der Waals surface area contributed by atoms with E-state index in [-0.39, 0.29) is 24.8 Å². The number of hydrogen-bond acceptors (Lipinski definition) is 6. The number of nitrogens with one attached hydrogen (secondary N) is 2. The van der Waals surface area contributed by atoms with E-state index in [2.05, 4.69) is 15.8 Å². The quantitative estimate of drug-likeness (QED) is 0.657. The van der Waals surface area contributed by atoms with Gasteiger partial charge in [-0.3, -0.25) is 4.79 Å². The van der Waals surface area contributed by atoms with Crippen molar-refractivity contribution in [3.63, 3.8) is 0 Å². The molecule has 0 aliphatic carbocycles. The Morgan fingerprint density at radius 1 is 1.21 bits per heavy atom. The smallest absolute Gasteiger partial charge is 0.407 e. The van der Waals surface area contributed by atoms with Crippen LogP contribution in [0.2, 0.25) is 0 Å². The van der Waals surface area contributed by atoms with Crippen molar-refractivity contribution in [2.45, 2.75) is 38.9 Å². The molecule has 3 rings (SSSR count). The van der Waals surface area contributed by atoms with E-state index in [0.29, 0.717) is 29.0 Å². The molecule has 33 heavy (non-hydrogen) atoms. The lowest BCUT2D eigenvalue weighted by molar-refractivity contribution is 0.0472. The molecule has 1 heterocycles. The number of ether oxygens (including phenoxy) is 2. The highest BCUT2D eigenvalue weighted by Crippen LogP contribution is 2.31. The third kappa shape index (κ3) is 6.68. The van der Waals surface area contributed by atoms with Crippen molar-refractivity contribution in [2.24, 2.45) is 5.16 Å². The van der Waals surface area contributed by atoms with Gasteiger partial charge in [-0.15, -0.1) is 0 Å². The summed E-state index contributed by atoms with van der Waals surface area (Å²) in [5, 5.41) is 9.07. The second-order valence-corrected chi connectivity index (χ2v) is 8.53. The van der Waals surface area contributed by atoms with Crippen molar-refractivity contribution in [2.75, 3.05) is 20.2 Å². The molecule has 0 fully saturated rings. The highest BCUT2D eigenvalue weighted by molar-refractivity contribution is 5.95. The molecule has 176 valence electrons. The molecule has 9 heteroatoms. The number of carbonyl (C=O) groups excluding carboxylic acids is 2. The van der Waals surface area contributed by atoms with Crippen molar-refractivity contribution in [3.05, 3.63) is 53.8 Å². The maximum atomic E-state index is 14.4. The number of carbonyl (C=O) groups is 2. The number of alkyl carbamates (subject to hydrolysis) is 1. The Morgan fingerprint density at radius 2 is 1.97 bits per heavy atom. The topological polar surface area (TPSA) is 98.3 Å². The lowest BCUT2D eigenvalue weighted by Gasteiger charge is -2.19. The highest BCUT2D eigenvalue weighted by Gasteiger charge is 2.24. The fourth-order valence-electron chi connectivity index (χ4n) is 3.18. The number of nitrogens with zero attached hydrogens (tertiary/aromatic N) is 1. The third-order valence-electron chi connectivity index (χ3n) is 4.69. The first-order valence-corrected chi connectivity index (χ1v) is 10.6. The number of para-hydroxylation sites is 1. The molecule has 0 saturated heterocycles. The molecule has 0 saturated carbocycles. The largest absolute Gasteiger partial charge is 0.489 e. The van der Waals surface area contributed by atoms with Gasteiger partial charge in [0.2, 0.25) is 0 Å². The van der Waals surface area contributed by atoms with Gasteiger partial charge in [0.25, 0.3) is 5.91 Å². The molecule has 0 spiro atoms. The summed E-state index contributed by atoms with van der Waals surface area (Å²) in [7, 11) is 1.45. The Balaban J connectivity index is 1.57. The first-order valence-electron chi connectivity index (χ1n) is 10.6. The van der Waals surface area contributed by atoms with E-state index in [1.165, 1.54) is 19.2 Å². The van der Waals surface area contributed by atoms with Crippen LogP contribution in [0.3, 0.4) is 0 Å². The number of benzene rings is 2. The molecule has 2 amide bonds. The van der Waals surface area contributed by atoms with Crippen LogP contribution in [-0.4, -0.2) is 49.6 Å². The molecule has 1 atom stereocenters. The van der Waals surface area contributed by atoms with Crippen LogP contribution in [0.15, 0.2) is 47.6 Å². The van der Waals surface area contributed by atoms with Crippen molar-refractivity contribution in [1.82, 2.24) is 10.6 Å². The van der Waals surface area contributed by atoms with Crippen LogP contribution in [0.1, 0.15) is 37.6 Å². The van der Waals surface area contributed by atoms with Crippen LogP contribution in [0.25, 0.3) is 11.1 Å². The average Bonchev–Trinajstić information content (AvgIpc) is 3.22. The summed E-state index contributed by atoms with van der Waals surface area (Å²) in [6.07, 6.45) is -0.345. The van der Waals surface area contributed by atoms with Gasteiger partial charge in [-0.05, 0) is 44.5 Å². The molecule has 1 unspecified atom stereocenters. The van der Waals surface area contributed by atoms with Crippen molar-refractivity contribution in [3.8, 4) is 16.9 Å². The van der Waals surface area contributed by atoms with E-state index in [4.69, 9.17) is 14.3 Å². The van der Waals surface area contributed by atoms with E-state index in [1.54, 1.807) is 32.9 Å². The number of oxime groups is 1. The van der Waals surface area contributed by atoms with Crippen molar-refractivity contribution < 1.29 is 28.3 Å². The standard InChI is InChI=1S/C24H28FN3O5/c1-24(2,3)32-23(30)27-13-16-12-17(33-28-16)14-31-21-8-6-5-7-18(21)15-9-10-19(20(25)11-15)22(29)26-4/h5-11,17H,12-14H2,1-4H3,(H,26,29)(H,27,30). The summed E-state index contributed by atoms with van der Waals surface area (Å²) in [5.41, 5.74) is 1.35. The van der Waals surface area contributed by atoms with Gasteiger partial charge in [0.15, 0.2) is 6.10 Å². The van der Waals surface area contributed by atoms with Crippen LogP contribution in [0.4, 0.5) is 9.18 Å². The number of amides is 2. The van der Waals surface area contributed by atoms with Crippen molar-refractivity contribution in [1.29, 1.82) is 0 Å². The zero-order valence-electron chi connectivity index (χ0n) is 19.1. The van der Waals surface area contributed by atoms with Gasteiger partial charge in [0.05, 0.1) is 17.8 Å². The maximum Gasteiger partial charge on any atom is 0.407 e. The van der Waals surface area contributed by atoms with Gasteiger partial charge in [-0.1, -0.05) is 29.4 Å². The molecule has 2 N–H and O–H groups in total. The Labute approximate surface area is 192 Å². The maximum absolute atomic E-state index is 14.4. The zero-order valence-corrected chi connectivity index (χ0v) is 19.1. The minimum absolute atomic E-state index is 0.0244. The molecule has 1 aliphatic rings. The van der Waals surface area contributed by atoms with Gasteiger partial charge in [0.1, 0.15) is 23.8 Å². The predicted octanol–water partition coefficient (Wildman–Crippen LogP) is 3.90. The van der Waals surface area contributed by atoms with Gasteiger partial charge >= 0.3 is 6.09 Å². The van der Waals surface area contributed by atoms with Crippen LogP contribution in [0.5, 0.6) is 5.75 Å². The number of halogens is 1. The Kier molecular flexibility index (Phi) is 7.52. The summed E-state index contributed by atoms with van der Waals surface area (Å²) in [6.45, 7) is 5.81. The van der Waals surface area contributed by atoms with E-state index < -0.39 is 23.4 Å². The Hall–Kier alpha value is -3.62. The molecule has 2 aromatic carbocycles. The van der Waals surface area contributed by atoms with Crippen LogP contribution in [-0.2, 0) is 9.57 Å². The molecular weight excluding hydrogens is 429 g/mol. The fourth-order valence-corrected chi connectivity index (χ4v) is 3.18. The lowest BCUT2D eigenvalue weighted by Crippen LogP contribution is -2.35. The van der Waals surface area contributed by atoms with E-state index >= 15 is 0 Å². The predicted molar refractivity (Wildman–Crippen MR) is 122 cm³/mol. The summed E-state index contributed by atoms with van der Waals surface area (Å²) in [4.78, 5) is 28.9. The molecule has 0 bridgehead atoms. The van der Waals surface area contributed by atoms with Crippen LogP contribution < -0.4 is 15.4 Å². The summed E-state index contributed by atoms with van der Waals surface area (Å²) >= 11 is 0. The van der Waals surface area contributed by atoms with Crippen LogP contribution in [0, 0.1) is 5.82 Å². The molecule has 1 aliphatic heterocycles. The molecule has 0 aromatic heterocycles. The molecule has 2 aromatic rings. The minimum atomic E-state index is -0.615. The Bertz CT molecular complexity index is 1050. The third-order valence-corrected chi connectivity index (χ3v) is 4.69. The van der Waals surface area contributed by atoms with Gasteiger partial charge in [-0.2, -0.15) is 0 Å². The molecule has 0 radical (unpaired) electrons. The minimum Gasteiger partial charge on any atom is -0.489 e. The number of hydrogen-bond donors (Lipinski definition) is 2. The summed E-state index contributed by atoms with van der Waals surface area (Å²) < 4.78 is 25.6. The fraction of sp³-hybridized carbons (Fsp3) is 0.375. The first kappa shape index (κ1) is 24.0. The molecular formula is C24H28FN3O5. The molecule has 8 nitrogen and oxygen atoms in total. The lowest BCUT2D eigenvalue weighted by atomic mass is 10.0. The summed E-state index contributed by atoms with van der Waals surface area (Å²) in [6, 6.07) is 11.7. The summed E-state index contributed by atoms with van der Waals surface area (Å²) in [5.74, 6) is -0.552. The zero-order chi connectivity index (χ0) is 24.0. The second kappa shape index (κ2) is 10.3. The van der Waals surface area contributed by atoms with E-state index in [1.807, 2.05) is 18.2 Å². The average molecular weight is 458 g/mol. The number of rotatable bonds is 7. The monoisotopic (exact) mass is 457 g/mol. The highest BCUT2D eigenvalue weighted by atomic mass is 19.1. The second-order valence-electron chi connectivity index (χ2n) is 8.53. The van der Waals surface area contributed by atoms with E-state index in [0.717, 1.165) is 0 Å².